The summed E-state index contributed by atoms with van der Waals surface area (Å²) < 4.78 is 31.4. The molecular formula is C14H16N4O6S. The average Bonchev–Trinajstić information content (AvgIpc) is 2.90. The zero-order chi connectivity index (χ0) is 18.6. The zero-order valence-electron chi connectivity index (χ0n) is 13.5. The maximum Gasteiger partial charge on any atom is 0.270 e. The summed E-state index contributed by atoms with van der Waals surface area (Å²) in [7, 11) is -3.92. The molecule has 1 aromatic carbocycles. The van der Waals surface area contributed by atoms with Gasteiger partial charge in [-0.15, -0.1) is 0 Å². The van der Waals surface area contributed by atoms with E-state index in [1.807, 2.05) is 0 Å². The van der Waals surface area contributed by atoms with Crippen LogP contribution in [0.4, 0.5) is 5.69 Å². The Kier molecular flexibility index (Phi) is 5.49. The Bertz CT molecular complexity index is 886. The smallest absolute Gasteiger partial charge is 0.270 e. The van der Waals surface area contributed by atoms with Crippen molar-refractivity contribution in [2.24, 2.45) is 0 Å². The molecule has 2 N–H and O–H groups in total. The Labute approximate surface area is 143 Å². The minimum atomic E-state index is -3.92. The van der Waals surface area contributed by atoms with E-state index in [0.29, 0.717) is 17.0 Å². The Morgan fingerprint density at radius 1 is 1.32 bits per heavy atom. The fourth-order valence-corrected chi connectivity index (χ4v) is 3.18. The maximum absolute atomic E-state index is 12.1. The third kappa shape index (κ3) is 4.39. The van der Waals surface area contributed by atoms with Crippen LogP contribution in [0.25, 0.3) is 0 Å². The minimum Gasteiger partial charge on any atom is -0.361 e. The monoisotopic (exact) mass is 368 g/mol. The van der Waals surface area contributed by atoms with Crippen LogP contribution < -0.4 is 10.0 Å². The molecule has 1 heterocycles. The Morgan fingerprint density at radius 3 is 2.64 bits per heavy atom. The Hall–Kier alpha value is -2.79. The summed E-state index contributed by atoms with van der Waals surface area (Å²) in [5.41, 5.74) is 0.420. The molecule has 134 valence electrons. The van der Waals surface area contributed by atoms with E-state index in [4.69, 9.17) is 4.52 Å². The third-order valence-electron chi connectivity index (χ3n) is 3.30. The number of benzene rings is 1. The molecule has 0 spiro atoms. The zero-order valence-corrected chi connectivity index (χ0v) is 14.3. The third-order valence-corrected chi connectivity index (χ3v) is 4.76. The summed E-state index contributed by atoms with van der Waals surface area (Å²) >= 11 is 0. The number of aryl methyl sites for hydroxylation is 2. The molecule has 0 unspecified atom stereocenters. The second-order valence-electron chi connectivity index (χ2n) is 5.11. The average molecular weight is 368 g/mol. The fraction of sp³-hybridized carbons (Fsp3) is 0.286. The van der Waals surface area contributed by atoms with Gasteiger partial charge in [-0.3, -0.25) is 14.9 Å². The summed E-state index contributed by atoms with van der Waals surface area (Å²) in [6.07, 6.45) is 0. The number of non-ortho nitro benzene ring substituents is 1. The molecule has 1 amide bonds. The molecule has 0 aliphatic carbocycles. The number of sulfonamides is 1. The normalized spacial score (nSPS) is 11.3. The highest BCUT2D eigenvalue weighted by molar-refractivity contribution is 7.89. The van der Waals surface area contributed by atoms with Gasteiger partial charge in [0.1, 0.15) is 11.3 Å². The van der Waals surface area contributed by atoms with Crippen LogP contribution in [0.1, 0.15) is 21.8 Å². The molecule has 0 saturated carbocycles. The predicted molar refractivity (Wildman–Crippen MR) is 86.6 cm³/mol. The number of hydrogen-bond acceptors (Lipinski definition) is 7. The highest BCUT2D eigenvalue weighted by Crippen LogP contribution is 2.17. The van der Waals surface area contributed by atoms with Gasteiger partial charge < -0.3 is 9.84 Å². The van der Waals surface area contributed by atoms with E-state index < -0.39 is 20.9 Å². The number of rotatable bonds is 7. The van der Waals surface area contributed by atoms with E-state index in [9.17, 15) is 23.3 Å². The van der Waals surface area contributed by atoms with Crippen molar-refractivity contribution in [2.45, 2.75) is 18.7 Å². The molecule has 0 radical (unpaired) electrons. The van der Waals surface area contributed by atoms with Crippen LogP contribution in [-0.2, 0) is 10.0 Å². The molecular weight excluding hydrogens is 352 g/mol. The van der Waals surface area contributed by atoms with E-state index in [2.05, 4.69) is 15.2 Å². The van der Waals surface area contributed by atoms with Crippen LogP contribution in [0.2, 0.25) is 0 Å². The van der Waals surface area contributed by atoms with Crippen LogP contribution in [0.3, 0.4) is 0 Å². The number of hydrogen-bond donors (Lipinski definition) is 2. The first-order valence-electron chi connectivity index (χ1n) is 7.17. The van der Waals surface area contributed by atoms with Crippen LogP contribution in [-0.4, -0.2) is 37.5 Å². The number of nitro groups is 1. The molecule has 0 saturated heterocycles. The van der Waals surface area contributed by atoms with E-state index in [-0.39, 0.29) is 23.7 Å². The number of aromatic nitrogens is 1. The van der Waals surface area contributed by atoms with E-state index >= 15 is 0 Å². The van der Waals surface area contributed by atoms with Crippen molar-refractivity contribution in [1.29, 1.82) is 0 Å². The van der Waals surface area contributed by atoms with Crippen molar-refractivity contribution in [1.82, 2.24) is 15.2 Å². The molecule has 0 bridgehead atoms. The molecule has 0 fully saturated rings. The van der Waals surface area contributed by atoms with Crippen LogP contribution in [0.15, 0.2) is 33.7 Å². The molecule has 11 heteroatoms. The second kappa shape index (κ2) is 7.40. The molecule has 0 aliphatic heterocycles. The van der Waals surface area contributed by atoms with Crippen molar-refractivity contribution < 1.29 is 22.7 Å². The van der Waals surface area contributed by atoms with E-state index in [1.54, 1.807) is 13.8 Å². The van der Waals surface area contributed by atoms with Gasteiger partial charge in [0.15, 0.2) is 0 Å². The summed E-state index contributed by atoms with van der Waals surface area (Å²) in [5, 5.41) is 16.9. The van der Waals surface area contributed by atoms with Crippen molar-refractivity contribution in [3.63, 3.8) is 0 Å². The lowest BCUT2D eigenvalue weighted by atomic mass is 10.2. The Morgan fingerprint density at radius 2 is 2.04 bits per heavy atom. The number of amides is 1. The predicted octanol–water partition coefficient (Wildman–Crippen LogP) is 0.908. The van der Waals surface area contributed by atoms with Gasteiger partial charge in [0.2, 0.25) is 10.0 Å². The standard InChI is InChI=1S/C14H16N4O6S/c1-9-13(10(2)24-17-9)14(19)15-6-7-16-25(22,23)12-5-3-4-11(8-12)18(20)21/h3-5,8,16H,6-7H2,1-2H3,(H,15,19). The lowest BCUT2D eigenvalue weighted by Gasteiger charge is -2.08. The first-order valence-corrected chi connectivity index (χ1v) is 8.66. The number of carbonyl (C=O) groups is 1. The first kappa shape index (κ1) is 18.5. The molecule has 25 heavy (non-hydrogen) atoms. The number of carbonyl (C=O) groups excluding carboxylic acids is 1. The quantitative estimate of drug-likeness (QED) is 0.420. The van der Waals surface area contributed by atoms with Crippen molar-refractivity contribution in [3.8, 4) is 0 Å². The number of nitrogens with one attached hydrogen (secondary N) is 2. The van der Waals surface area contributed by atoms with Gasteiger partial charge in [0.05, 0.1) is 15.5 Å². The second-order valence-corrected chi connectivity index (χ2v) is 6.87. The van der Waals surface area contributed by atoms with Gasteiger partial charge >= 0.3 is 0 Å². The highest BCUT2D eigenvalue weighted by atomic mass is 32.2. The molecule has 2 aromatic rings. The van der Waals surface area contributed by atoms with Gasteiger partial charge in [-0.1, -0.05) is 11.2 Å². The van der Waals surface area contributed by atoms with Crippen molar-refractivity contribution >= 4 is 21.6 Å². The molecule has 0 aliphatic rings. The van der Waals surface area contributed by atoms with E-state index in [0.717, 1.165) is 6.07 Å². The first-order chi connectivity index (χ1) is 11.7. The van der Waals surface area contributed by atoms with Crippen LogP contribution in [0, 0.1) is 24.0 Å². The molecule has 2 rings (SSSR count). The van der Waals surface area contributed by atoms with Crippen molar-refractivity contribution in [2.75, 3.05) is 13.1 Å². The summed E-state index contributed by atoms with van der Waals surface area (Å²) in [6, 6.07) is 4.69. The number of nitro benzene ring substituents is 1. The fourth-order valence-electron chi connectivity index (χ4n) is 2.10. The summed E-state index contributed by atoms with van der Waals surface area (Å²) in [4.78, 5) is 21.8. The lowest BCUT2D eigenvalue weighted by Crippen LogP contribution is -2.35. The molecule has 10 nitrogen and oxygen atoms in total. The van der Waals surface area contributed by atoms with Gasteiger partial charge in [-0.25, -0.2) is 13.1 Å². The maximum atomic E-state index is 12.1. The summed E-state index contributed by atoms with van der Waals surface area (Å²) in [5.74, 6) is -0.0574. The summed E-state index contributed by atoms with van der Waals surface area (Å²) in [6.45, 7) is 3.16. The largest absolute Gasteiger partial charge is 0.361 e. The SMILES string of the molecule is Cc1noc(C)c1C(=O)NCCNS(=O)(=O)c1cccc([N+](=O)[O-])c1. The highest BCUT2D eigenvalue weighted by Gasteiger charge is 2.19. The van der Waals surface area contributed by atoms with Gasteiger partial charge in [0, 0.05) is 25.2 Å². The topological polar surface area (TPSA) is 144 Å². The van der Waals surface area contributed by atoms with Crippen LogP contribution in [0.5, 0.6) is 0 Å². The van der Waals surface area contributed by atoms with Crippen molar-refractivity contribution in [3.05, 3.63) is 51.4 Å². The lowest BCUT2D eigenvalue weighted by molar-refractivity contribution is -0.385. The minimum absolute atomic E-state index is 0.0249. The number of nitrogens with zero attached hydrogens (tertiary/aromatic N) is 2. The van der Waals surface area contributed by atoms with Crippen LogP contribution >= 0.6 is 0 Å². The Balaban J connectivity index is 1.94. The molecule has 0 atom stereocenters. The van der Waals surface area contributed by atoms with Gasteiger partial charge in [-0.2, -0.15) is 0 Å². The van der Waals surface area contributed by atoms with E-state index in [1.165, 1.54) is 18.2 Å². The molecule has 1 aromatic heterocycles. The van der Waals surface area contributed by atoms with Gasteiger partial charge in [-0.05, 0) is 19.9 Å². The van der Waals surface area contributed by atoms with Gasteiger partial charge in [0.25, 0.3) is 11.6 Å².